The molecular formula is C6H14BrMgO+. The number of aliphatic hydroxyl groups is 1. The van der Waals surface area contributed by atoms with Crippen LogP contribution in [0.15, 0.2) is 0 Å². The molecule has 52 valence electrons. The maximum Gasteiger partial charge on any atom is 2.00 e. The van der Waals surface area contributed by atoms with E-state index in [1.165, 1.54) is 19.3 Å². The predicted molar refractivity (Wildman–Crippen MR) is 37.0 cm³/mol. The molecule has 1 nitrogen and oxygen atoms in total. The minimum Gasteiger partial charge on any atom is -1.00 e. The monoisotopic (exact) mass is 205 g/mol. The van der Waals surface area contributed by atoms with Gasteiger partial charge in [-0.1, -0.05) is 26.2 Å². The first-order valence-electron chi connectivity index (χ1n) is 3.02. The minimum absolute atomic E-state index is 0. The standard InChI is InChI=1S/C6H14O.BrH.Mg/c1-2-3-4-5-6-7;;/h7H,2-6H2,1H3;1H;/q;;+2/p-1. The molecule has 1 N–H and O–H groups in total. The van der Waals surface area contributed by atoms with Crippen molar-refractivity contribution in [2.45, 2.75) is 32.6 Å². The summed E-state index contributed by atoms with van der Waals surface area (Å²) in [5.74, 6) is 0. The van der Waals surface area contributed by atoms with Gasteiger partial charge in [-0.3, -0.25) is 0 Å². The SMILES string of the molecule is CCCCCCO.[Br-].[Mg+2]. The topological polar surface area (TPSA) is 20.2 Å². The van der Waals surface area contributed by atoms with Crippen LogP contribution in [0.25, 0.3) is 0 Å². The van der Waals surface area contributed by atoms with Crippen molar-refractivity contribution < 1.29 is 22.1 Å². The number of unbranched alkanes of at least 4 members (excludes halogenated alkanes) is 3. The van der Waals surface area contributed by atoms with Gasteiger partial charge in [0.2, 0.25) is 0 Å². The molecule has 0 heterocycles. The van der Waals surface area contributed by atoms with Crippen molar-refractivity contribution in [1.29, 1.82) is 0 Å². The number of rotatable bonds is 4. The summed E-state index contributed by atoms with van der Waals surface area (Å²) < 4.78 is 0. The molecule has 0 unspecified atom stereocenters. The van der Waals surface area contributed by atoms with Crippen molar-refractivity contribution >= 4 is 23.1 Å². The Morgan fingerprint density at radius 1 is 1.11 bits per heavy atom. The van der Waals surface area contributed by atoms with E-state index in [0.717, 1.165) is 6.42 Å². The van der Waals surface area contributed by atoms with Gasteiger partial charge in [0.1, 0.15) is 0 Å². The van der Waals surface area contributed by atoms with Gasteiger partial charge in [-0.2, -0.15) is 0 Å². The summed E-state index contributed by atoms with van der Waals surface area (Å²) in [7, 11) is 0. The molecule has 0 fully saturated rings. The molecule has 0 aromatic heterocycles. The van der Waals surface area contributed by atoms with Crippen LogP contribution in [0.4, 0.5) is 0 Å². The fourth-order valence-corrected chi connectivity index (χ4v) is 0.539. The Morgan fingerprint density at radius 3 is 2.00 bits per heavy atom. The van der Waals surface area contributed by atoms with Gasteiger partial charge >= 0.3 is 23.1 Å². The summed E-state index contributed by atoms with van der Waals surface area (Å²) in [6.45, 7) is 2.53. The Labute approximate surface area is 84.1 Å². The molecule has 0 saturated carbocycles. The second kappa shape index (κ2) is 16.1. The van der Waals surface area contributed by atoms with Crippen molar-refractivity contribution in [3.05, 3.63) is 0 Å². The van der Waals surface area contributed by atoms with Crippen molar-refractivity contribution in [3.8, 4) is 0 Å². The Balaban J connectivity index is -0.000000180. The molecule has 0 aliphatic rings. The first-order chi connectivity index (χ1) is 3.41. The largest absolute Gasteiger partial charge is 2.00 e. The Morgan fingerprint density at radius 2 is 1.67 bits per heavy atom. The predicted octanol–water partition coefficient (Wildman–Crippen LogP) is -1.82. The van der Waals surface area contributed by atoms with Crippen LogP contribution < -0.4 is 17.0 Å². The van der Waals surface area contributed by atoms with Gasteiger partial charge in [-0.25, -0.2) is 0 Å². The second-order valence-corrected chi connectivity index (χ2v) is 1.78. The van der Waals surface area contributed by atoms with Crippen LogP contribution in [0, 0.1) is 0 Å². The second-order valence-electron chi connectivity index (χ2n) is 1.78. The van der Waals surface area contributed by atoms with Gasteiger partial charge in [0, 0.05) is 6.61 Å². The van der Waals surface area contributed by atoms with Gasteiger partial charge < -0.3 is 22.1 Å². The fourth-order valence-electron chi connectivity index (χ4n) is 0.539. The summed E-state index contributed by atoms with van der Waals surface area (Å²) in [5.41, 5.74) is 0. The molecule has 0 aliphatic heterocycles. The van der Waals surface area contributed by atoms with E-state index < -0.39 is 0 Å². The molecule has 0 aliphatic carbocycles. The zero-order valence-corrected chi connectivity index (χ0v) is 9.07. The first-order valence-corrected chi connectivity index (χ1v) is 3.02. The normalized spacial score (nSPS) is 7.33. The molecule has 0 aromatic carbocycles. The molecule has 0 bridgehead atoms. The zero-order valence-electron chi connectivity index (χ0n) is 6.07. The van der Waals surface area contributed by atoms with Gasteiger partial charge in [0.05, 0.1) is 0 Å². The summed E-state index contributed by atoms with van der Waals surface area (Å²) >= 11 is 0. The Kier molecular flexibility index (Phi) is 29.8. The van der Waals surface area contributed by atoms with E-state index in [9.17, 15) is 0 Å². The third-order valence-corrected chi connectivity index (χ3v) is 1.01. The number of aliphatic hydroxyl groups excluding tert-OH is 1. The minimum atomic E-state index is 0. The van der Waals surface area contributed by atoms with Crippen molar-refractivity contribution in [1.82, 2.24) is 0 Å². The molecule has 0 saturated heterocycles. The molecule has 0 spiro atoms. The summed E-state index contributed by atoms with van der Waals surface area (Å²) in [5, 5.41) is 8.29. The van der Waals surface area contributed by atoms with E-state index >= 15 is 0 Å². The Bertz CT molecular complexity index is 32.2. The average Bonchev–Trinajstić information content (AvgIpc) is 1.69. The zero-order chi connectivity index (χ0) is 5.54. The van der Waals surface area contributed by atoms with Gasteiger partial charge in [0.25, 0.3) is 0 Å². The molecule has 9 heavy (non-hydrogen) atoms. The van der Waals surface area contributed by atoms with Crippen LogP contribution in [0.1, 0.15) is 32.6 Å². The van der Waals surface area contributed by atoms with E-state index in [-0.39, 0.29) is 40.0 Å². The smallest absolute Gasteiger partial charge is 1.00 e. The maximum atomic E-state index is 8.29. The number of hydrogen-bond donors (Lipinski definition) is 1. The third kappa shape index (κ3) is 17.6. The van der Waals surface area contributed by atoms with E-state index in [1.807, 2.05) is 0 Å². The van der Waals surface area contributed by atoms with E-state index in [0.29, 0.717) is 6.61 Å². The van der Waals surface area contributed by atoms with Crippen LogP contribution in [0.2, 0.25) is 0 Å². The van der Waals surface area contributed by atoms with Crippen LogP contribution in [-0.2, 0) is 0 Å². The molecular weight excluding hydrogens is 192 g/mol. The first kappa shape index (κ1) is 16.7. The molecule has 0 atom stereocenters. The van der Waals surface area contributed by atoms with Crippen LogP contribution >= 0.6 is 0 Å². The summed E-state index contributed by atoms with van der Waals surface area (Å²) in [6, 6.07) is 0. The molecule has 0 amide bonds. The average molecular weight is 206 g/mol. The van der Waals surface area contributed by atoms with E-state index in [2.05, 4.69) is 6.92 Å². The van der Waals surface area contributed by atoms with Gasteiger partial charge in [-0.05, 0) is 6.42 Å². The quantitative estimate of drug-likeness (QED) is 0.424. The van der Waals surface area contributed by atoms with Crippen LogP contribution in [-0.4, -0.2) is 34.8 Å². The van der Waals surface area contributed by atoms with Gasteiger partial charge in [0.15, 0.2) is 0 Å². The fraction of sp³-hybridized carbons (Fsp3) is 1.00. The van der Waals surface area contributed by atoms with Crippen molar-refractivity contribution in [2.75, 3.05) is 6.61 Å². The molecule has 3 heteroatoms. The van der Waals surface area contributed by atoms with Crippen LogP contribution in [0.5, 0.6) is 0 Å². The summed E-state index contributed by atoms with van der Waals surface area (Å²) in [6.07, 6.45) is 4.68. The van der Waals surface area contributed by atoms with Crippen molar-refractivity contribution in [3.63, 3.8) is 0 Å². The molecule has 0 rings (SSSR count). The number of hydrogen-bond acceptors (Lipinski definition) is 1. The van der Waals surface area contributed by atoms with E-state index in [4.69, 9.17) is 5.11 Å². The van der Waals surface area contributed by atoms with E-state index in [1.54, 1.807) is 0 Å². The molecule has 0 radical (unpaired) electrons. The van der Waals surface area contributed by atoms with Crippen molar-refractivity contribution in [2.24, 2.45) is 0 Å². The summed E-state index contributed by atoms with van der Waals surface area (Å²) in [4.78, 5) is 0. The Hall–Kier alpha value is 1.21. The van der Waals surface area contributed by atoms with Crippen LogP contribution in [0.3, 0.4) is 0 Å². The van der Waals surface area contributed by atoms with Gasteiger partial charge in [-0.15, -0.1) is 0 Å². The third-order valence-electron chi connectivity index (χ3n) is 1.01. The number of halogens is 1. The molecule has 0 aromatic rings. The maximum absolute atomic E-state index is 8.29.